The van der Waals surface area contributed by atoms with E-state index in [1.807, 2.05) is 37.3 Å². The molecule has 1 aromatic heterocycles. The first-order valence-electron chi connectivity index (χ1n) is 7.87. The van der Waals surface area contributed by atoms with Crippen LogP contribution in [-0.4, -0.2) is 28.9 Å². The molecule has 0 bridgehead atoms. The summed E-state index contributed by atoms with van der Waals surface area (Å²) >= 11 is 0.752. The Morgan fingerprint density at radius 1 is 1.35 bits per heavy atom. The van der Waals surface area contributed by atoms with Crippen LogP contribution >= 0.6 is 11.5 Å². The molecule has 2 aromatic rings. The van der Waals surface area contributed by atoms with Crippen LogP contribution in [0, 0.1) is 11.3 Å². The molecule has 7 nitrogen and oxygen atoms in total. The van der Waals surface area contributed by atoms with Crippen molar-refractivity contribution in [1.29, 1.82) is 5.26 Å². The third-order valence-corrected chi connectivity index (χ3v) is 6.25. The Labute approximate surface area is 156 Å². The number of carbonyl (C=O) groups is 1. The molecule has 1 N–H and O–H groups in total. The maximum atomic E-state index is 12.3. The number of nitrogens with one attached hydrogen (secondary N) is 1. The van der Waals surface area contributed by atoms with E-state index in [1.54, 1.807) is 0 Å². The van der Waals surface area contributed by atoms with Crippen LogP contribution in [0.15, 0.2) is 35.0 Å². The number of amides is 1. The van der Waals surface area contributed by atoms with Gasteiger partial charge in [0.15, 0.2) is 0 Å². The molecule has 1 aromatic carbocycles. The topological polar surface area (TPSA) is 113 Å². The van der Waals surface area contributed by atoms with Crippen LogP contribution in [-0.2, 0) is 21.1 Å². The van der Waals surface area contributed by atoms with Crippen molar-refractivity contribution in [3.63, 3.8) is 0 Å². The fraction of sp³-hybridized carbons (Fsp3) is 0.294. The molecule has 0 aliphatic carbocycles. The van der Waals surface area contributed by atoms with Gasteiger partial charge in [0, 0.05) is 11.5 Å². The summed E-state index contributed by atoms with van der Waals surface area (Å²) in [4.78, 5) is 16.1. The lowest BCUT2D eigenvalue weighted by atomic mass is 10.1. The zero-order valence-corrected chi connectivity index (χ0v) is 16.2. The molecule has 2 rings (SSSR count). The predicted octanol–water partition coefficient (Wildman–Crippen LogP) is 2.83. The molecule has 0 atom stereocenters. The van der Waals surface area contributed by atoms with Crippen LogP contribution in [0.4, 0.5) is 5.13 Å². The van der Waals surface area contributed by atoms with Gasteiger partial charge < -0.3 is 0 Å². The first kappa shape index (κ1) is 19.8. The summed E-state index contributed by atoms with van der Waals surface area (Å²) in [6, 6.07) is 9.33. The molecule has 0 spiro atoms. The van der Waals surface area contributed by atoms with E-state index < -0.39 is 21.0 Å². The Balaban J connectivity index is 2.18. The normalized spacial score (nSPS) is 12.0. The molecule has 1 amide bonds. The smallest absolute Gasteiger partial charge is 0.268 e. The van der Waals surface area contributed by atoms with Gasteiger partial charge in [0.05, 0.1) is 5.25 Å². The van der Waals surface area contributed by atoms with Crippen molar-refractivity contribution >= 4 is 38.5 Å². The summed E-state index contributed by atoms with van der Waals surface area (Å²) < 4.78 is 27.8. The van der Waals surface area contributed by atoms with Gasteiger partial charge in [0.2, 0.25) is 15.0 Å². The number of hydrogen-bond acceptors (Lipinski definition) is 7. The number of sulfone groups is 1. The highest BCUT2D eigenvalue weighted by molar-refractivity contribution is 7.91. The average molecular weight is 390 g/mol. The molecule has 0 unspecified atom stereocenters. The van der Waals surface area contributed by atoms with Gasteiger partial charge in [-0.2, -0.15) is 14.6 Å². The molecule has 0 fully saturated rings. The fourth-order valence-corrected chi connectivity index (χ4v) is 3.61. The van der Waals surface area contributed by atoms with E-state index in [4.69, 9.17) is 0 Å². The van der Waals surface area contributed by atoms with E-state index in [9.17, 15) is 18.5 Å². The summed E-state index contributed by atoms with van der Waals surface area (Å²) in [5.41, 5.74) is 1.75. The summed E-state index contributed by atoms with van der Waals surface area (Å²) in [5, 5.41) is 10.7. The summed E-state index contributed by atoms with van der Waals surface area (Å²) in [7, 11) is -3.62. The van der Waals surface area contributed by atoms with Gasteiger partial charge in [0.25, 0.3) is 11.1 Å². The Kier molecular flexibility index (Phi) is 6.23. The Morgan fingerprint density at radius 3 is 2.54 bits per heavy atom. The first-order valence-corrected chi connectivity index (χ1v) is 10.2. The zero-order valence-electron chi connectivity index (χ0n) is 14.6. The van der Waals surface area contributed by atoms with Gasteiger partial charge in [-0.1, -0.05) is 31.2 Å². The Morgan fingerprint density at radius 2 is 2.00 bits per heavy atom. The van der Waals surface area contributed by atoms with E-state index in [0.29, 0.717) is 5.56 Å². The quantitative estimate of drug-likeness (QED) is 0.599. The van der Waals surface area contributed by atoms with E-state index in [0.717, 1.165) is 23.5 Å². The van der Waals surface area contributed by atoms with E-state index in [-0.39, 0.29) is 15.9 Å². The first-order chi connectivity index (χ1) is 12.3. The summed E-state index contributed by atoms with van der Waals surface area (Å²) in [6.07, 6.45) is 2.36. The van der Waals surface area contributed by atoms with Crippen molar-refractivity contribution in [2.75, 3.05) is 5.32 Å². The fourth-order valence-electron chi connectivity index (χ4n) is 1.92. The lowest BCUT2D eigenvalue weighted by molar-refractivity contribution is -0.112. The standard InChI is InChI=1S/C17H18N4O3S2/c1-4-12-5-7-13(8-6-12)9-14(10-18)15(22)19-16-20-17(21-25-16)26(23,24)11(2)3/h5-9,11H,4H2,1-3H3,(H,19,20,21,22). The maximum Gasteiger partial charge on any atom is 0.268 e. The van der Waals surface area contributed by atoms with Crippen LogP contribution in [0.2, 0.25) is 0 Å². The van der Waals surface area contributed by atoms with Crippen LogP contribution < -0.4 is 5.32 Å². The van der Waals surface area contributed by atoms with Crippen molar-refractivity contribution in [2.24, 2.45) is 0 Å². The summed E-state index contributed by atoms with van der Waals surface area (Å²) in [6.45, 7) is 5.08. The molecule has 0 saturated heterocycles. The second-order valence-corrected chi connectivity index (χ2v) is 8.84. The van der Waals surface area contributed by atoms with Gasteiger partial charge in [-0.3, -0.25) is 10.1 Å². The van der Waals surface area contributed by atoms with Gasteiger partial charge in [-0.15, -0.1) is 0 Å². The minimum absolute atomic E-state index is 0.0247. The number of rotatable bonds is 6. The van der Waals surface area contributed by atoms with E-state index >= 15 is 0 Å². The van der Waals surface area contributed by atoms with Gasteiger partial charge >= 0.3 is 0 Å². The number of nitriles is 1. The van der Waals surface area contributed by atoms with E-state index in [2.05, 4.69) is 14.7 Å². The number of carbonyl (C=O) groups excluding carboxylic acids is 1. The number of nitrogens with zero attached hydrogens (tertiary/aromatic N) is 3. The highest BCUT2D eigenvalue weighted by atomic mass is 32.2. The number of hydrogen-bond donors (Lipinski definition) is 1. The molecule has 1 heterocycles. The van der Waals surface area contributed by atoms with Crippen LogP contribution in [0.3, 0.4) is 0 Å². The maximum absolute atomic E-state index is 12.3. The van der Waals surface area contributed by atoms with Gasteiger partial charge in [-0.25, -0.2) is 8.42 Å². The van der Waals surface area contributed by atoms with Crippen molar-refractivity contribution < 1.29 is 13.2 Å². The minimum atomic E-state index is -3.62. The lowest BCUT2D eigenvalue weighted by Gasteiger charge is -2.02. The largest absolute Gasteiger partial charge is 0.296 e. The number of benzene rings is 1. The monoisotopic (exact) mass is 390 g/mol. The second kappa shape index (κ2) is 8.21. The average Bonchev–Trinajstić information content (AvgIpc) is 3.09. The molecule has 0 aliphatic heterocycles. The minimum Gasteiger partial charge on any atom is -0.296 e. The van der Waals surface area contributed by atoms with Gasteiger partial charge in [0.1, 0.15) is 11.6 Å². The molecule has 136 valence electrons. The summed E-state index contributed by atoms with van der Waals surface area (Å²) in [5.74, 6) is -0.670. The zero-order chi connectivity index (χ0) is 19.3. The molecule has 0 radical (unpaired) electrons. The Bertz CT molecular complexity index is 968. The molecular formula is C17H18N4O3S2. The van der Waals surface area contributed by atoms with Crippen molar-refractivity contribution in [3.8, 4) is 6.07 Å². The van der Waals surface area contributed by atoms with Crippen LogP contribution in [0.25, 0.3) is 6.08 Å². The number of aryl methyl sites for hydroxylation is 1. The van der Waals surface area contributed by atoms with Gasteiger partial charge in [-0.05, 0) is 37.5 Å². The third-order valence-electron chi connectivity index (χ3n) is 3.57. The number of aromatic nitrogens is 2. The molecule has 0 aliphatic rings. The van der Waals surface area contributed by atoms with Crippen LogP contribution in [0.1, 0.15) is 31.9 Å². The Hall–Kier alpha value is -2.57. The van der Waals surface area contributed by atoms with Crippen molar-refractivity contribution in [3.05, 3.63) is 41.0 Å². The highest BCUT2D eigenvalue weighted by Crippen LogP contribution is 2.19. The third kappa shape index (κ3) is 4.53. The van der Waals surface area contributed by atoms with Crippen LogP contribution in [0.5, 0.6) is 0 Å². The molecule has 26 heavy (non-hydrogen) atoms. The second-order valence-electron chi connectivity index (χ2n) is 5.69. The SMILES string of the molecule is CCc1ccc(C=C(C#N)C(=O)Nc2nc(S(=O)(=O)C(C)C)ns2)cc1. The molecular weight excluding hydrogens is 372 g/mol. The number of anilines is 1. The molecule has 0 saturated carbocycles. The van der Waals surface area contributed by atoms with E-state index in [1.165, 1.54) is 19.9 Å². The lowest BCUT2D eigenvalue weighted by Crippen LogP contribution is -2.16. The molecule has 9 heteroatoms. The van der Waals surface area contributed by atoms with Crippen molar-refractivity contribution in [1.82, 2.24) is 9.36 Å². The highest BCUT2D eigenvalue weighted by Gasteiger charge is 2.25. The van der Waals surface area contributed by atoms with Crippen molar-refractivity contribution in [2.45, 2.75) is 37.6 Å². The predicted molar refractivity (Wildman–Crippen MR) is 100 cm³/mol.